The standard InChI is InChI=1S/C14H20NO4.CH4O4S/c1-15(2,3)9-10-19-14(17)12-7-5-11(6-8-12)13(16)18-4;1-5-6(2,3)4/h5-8H,9-10H2,1-4H3;1H3,(H,2,3,4)/q+1;/p-1. The first-order valence-electron chi connectivity index (χ1n) is 7.07. The first-order valence-corrected chi connectivity index (χ1v) is 8.40. The average Bonchev–Trinajstić information content (AvgIpc) is 2.53. The van der Waals surface area contributed by atoms with E-state index in [2.05, 4.69) is 8.92 Å². The molecule has 0 amide bonds. The molecule has 0 saturated carbocycles. The highest BCUT2D eigenvalue weighted by Gasteiger charge is 2.12. The van der Waals surface area contributed by atoms with E-state index in [0.29, 0.717) is 17.7 Å². The lowest BCUT2D eigenvalue weighted by atomic mass is 10.1. The Kier molecular flexibility index (Phi) is 9.28. The van der Waals surface area contributed by atoms with Crippen molar-refractivity contribution < 1.29 is 40.7 Å². The van der Waals surface area contributed by atoms with E-state index in [9.17, 15) is 22.6 Å². The van der Waals surface area contributed by atoms with Crippen LogP contribution in [0.25, 0.3) is 0 Å². The van der Waals surface area contributed by atoms with Crippen LogP contribution in [0.2, 0.25) is 0 Å². The average molecular weight is 377 g/mol. The molecule has 0 spiro atoms. The Morgan fingerprint density at radius 2 is 1.40 bits per heavy atom. The van der Waals surface area contributed by atoms with Gasteiger partial charge in [0.15, 0.2) is 0 Å². The van der Waals surface area contributed by atoms with Crippen LogP contribution in [0.15, 0.2) is 24.3 Å². The highest BCUT2D eigenvalue weighted by molar-refractivity contribution is 7.80. The van der Waals surface area contributed by atoms with Gasteiger partial charge in [-0.15, -0.1) is 0 Å². The summed E-state index contributed by atoms with van der Waals surface area (Å²) in [6.45, 7) is 1.10. The number of carbonyl (C=O) groups is 2. The van der Waals surface area contributed by atoms with Crippen LogP contribution in [0.3, 0.4) is 0 Å². The van der Waals surface area contributed by atoms with E-state index in [-0.39, 0.29) is 5.97 Å². The van der Waals surface area contributed by atoms with Crippen molar-refractivity contribution in [3.05, 3.63) is 35.4 Å². The SMILES string of the molecule is COC(=O)c1ccc(C(=O)OCC[N+](C)(C)C)cc1.COS(=O)(=O)[O-]. The molecule has 0 unspecified atom stereocenters. The van der Waals surface area contributed by atoms with Crippen molar-refractivity contribution in [3.63, 3.8) is 0 Å². The van der Waals surface area contributed by atoms with Crippen LogP contribution in [-0.2, 0) is 24.1 Å². The Hall–Kier alpha value is -2.01. The van der Waals surface area contributed by atoms with Gasteiger partial charge in [0.1, 0.15) is 13.2 Å². The summed E-state index contributed by atoms with van der Waals surface area (Å²) >= 11 is 0. The van der Waals surface area contributed by atoms with Crippen LogP contribution in [0.5, 0.6) is 0 Å². The first kappa shape index (κ1) is 23.0. The first-order chi connectivity index (χ1) is 11.4. The fraction of sp³-hybridized carbons (Fsp3) is 0.467. The second-order valence-corrected chi connectivity index (χ2v) is 6.94. The third-order valence-electron chi connectivity index (χ3n) is 2.74. The van der Waals surface area contributed by atoms with Gasteiger partial charge < -0.3 is 18.5 Å². The van der Waals surface area contributed by atoms with Crippen molar-refractivity contribution in [2.24, 2.45) is 0 Å². The number of benzene rings is 1. The van der Waals surface area contributed by atoms with E-state index in [1.54, 1.807) is 24.3 Å². The molecule has 0 aliphatic rings. The summed E-state index contributed by atoms with van der Waals surface area (Å²) < 4.78 is 41.5. The molecule has 0 radical (unpaired) electrons. The van der Waals surface area contributed by atoms with Gasteiger partial charge in [-0.3, -0.25) is 4.18 Å². The van der Waals surface area contributed by atoms with E-state index >= 15 is 0 Å². The van der Waals surface area contributed by atoms with Gasteiger partial charge in [0.25, 0.3) is 0 Å². The number of quaternary nitrogens is 1. The Balaban J connectivity index is 0.000000823. The molecule has 0 aromatic heterocycles. The van der Waals surface area contributed by atoms with Crippen LogP contribution < -0.4 is 0 Å². The Labute approximate surface area is 147 Å². The molecule has 1 aromatic rings. The summed E-state index contributed by atoms with van der Waals surface area (Å²) in [4.78, 5) is 23.0. The molecular formula is C15H23NO8S. The molecule has 25 heavy (non-hydrogen) atoms. The van der Waals surface area contributed by atoms with Crippen LogP contribution in [0.1, 0.15) is 20.7 Å². The zero-order valence-electron chi connectivity index (χ0n) is 14.8. The molecule has 0 bridgehead atoms. The number of likely N-dealkylation sites (N-methyl/N-ethyl adjacent to an activating group) is 1. The second kappa shape index (κ2) is 10.1. The maximum Gasteiger partial charge on any atom is 0.338 e. The minimum absolute atomic E-state index is 0.362. The zero-order chi connectivity index (χ0) is 19.7. The van der Waals surface area contributed by atoms with Crippen molar-refractivity contribution in [1.82, 2.24) is 0 Å². The normalized spacial score (nSPS) is 11.1. The predicted octanol–water partition coefficient (Wildman–Crippen LogP) is 0.429. The molecule has 142 valence electrons. The monoisotopic (exact) mass is 377 g/mol. The third-order valence-corrected chi connectivity index (χ3v) is 3.15. The molecule has 0 N–H and O–H groups in total. The Morgan fingerprint density at radius 3 is 1.72 bits per heavy atom. The molecule has 10 heteroatoms. The third kappa shape index (κ3) is 11.2. The quantitative estimate of drug-likeness (QED) is 0.303. The number of esters is 2. The maximum atomic E-state index is 11.7. The molecule has 0 fully saturated rings. The van der Waals surface area contributed by atoms with Gasteiger partial charge >= 0.3 is 11.9 Å². The number of hydrogen-bond donors (Lipinski definition) is 0. The van der Waals surface area contributed by atoms with Crippen LogP contribution in [-0.4, -0.2) is 77.9 Å². The molecule has 0 aliphatic carbocycles. The van der Waals surface area contributed by atoms with Crippen molar-refractivity contribution in [1.29, 1.82) is 0 Å². The number of ether oxygens (including phenoxy) is 2. The van der Waals surface area contributed by atoms with Gasteiger partial charge in [-0.1, -0.05) is 0 Å². The van der Waals surface area contributed by atoms with Crippen molar-refractivity contribution in [2.75, 3.05) is 48.5 Å². The Bertz CT molecular complexity index is 662. The topological polar surface area (TPSA) is 119 Å². The highest BCUT2D eigenvalue weighted by atomic mass is 32.3. The summed E-state index contributed by atoms with van der Waals surface area (Å²) in [5.74, 6) is -0.810. The molecular weight excluding hydrogens is 354 g/mol. The molecule has 0 aliphatic heterocycles. The minimum atomic E-state index is -4.41. The van der Waals surface area contributed by atoms with Gasteiger partial charge in [-0.05, 0) is 24.3 Å². The molecule has 9 nitrogen and oxygen atoms in total. The van der Waals surface area contributed by atoms with E-state index in [4.69, 9.17) is 4.74 Å². The zero-order valence-corrected chi connectivity index (χ0v) is 15.7. The highest BCUT2D eigenvalue weighted by Crippen LogP contribution is 2.07. The fourth-order valence-corrected chi connectivity index (χ4v) is 1.36. The number of carbonyl (C=O) groups excluding carboxylic acids is 2. The molecule has 1 rings (SSSR count). The number of rotatable bonds is 6. The predicted molar refractivity (Wildman–Crippen MR) is 87.7 cm³/mol. The van der Waals surface area contributed by atoms with E-state index in [0.717, 1.165) is 18.1 Å². The number of methoxy groups -OCH3 is 1. The number of nitrogens with zero attached hydrogens (tertiary/aromatic N) is 1. The van der Waals surface area contributed by atoms with Gasteiger partial charge in [-0.2, -0.15) is 0 Å². The number of hydrogen-bond acceptors (Lipinski definition) is 8. The van der Waals surface area contributed by atoms with Crippen molar-refractivity contribution >= 4 is 22.3 Å². The Morgan fingerprint density at radius 1 is 1.00 bits per heavy atom. The largest absolute Gasteiger partial charge is 0.726 e. The van der Waals surface area contributed by atoms with E-state index < -0.39 is 16.4 Å². The molecule has 0 atom stereocenters. The fourth-order valence-electron chi connectivity index (χ4n) is 1.36. The van der Waals surface area contributed by atoms with Crippen LogP contribution >= 0.6 is 0 Å². The maximum absolute atomic E-state index is 11.7. The summed E-state index contributed by atoms with van der Waals surface area (Å²) in [7, 11) is 3.79. The summed E-state index contributed by atoms with van der Waals surface area (Å²) in [6, 6.07) is 6.20. The van der Waals surface area contributed by atoms with Crippen molar-refractivity contribution in [2.45, 2.75) is 0 Å². The summed E-state index contributed by atoms with van der Waals surface area (Å²) in [5.41, 5.74) is 0.833. The summed E-state index contributed by atoms with van der Waals surface area (Å²) in [6.07, 6.45) is 0. The van der Waals surface area contributed by atoms with Crippen LogP contribution in [0.4, 0.5) is 0 Å². The van der Waals surface area contributed by atoms with E-state index in [1.807, 2.05) is 21.1 Å². The van der Waals surface area contributed by atoms with Gasteiger partial charge in [0.05, 0.1) is 46.5 Å². The molecule has 0 saturated heterocycles. The van der Waals surface area contributed by atoms with Crippen LogP contribution in [0, 0.1) is 0 Å². The lowest BCUT2D eigenvalue weighted by Crippen LogP contribution is -2.38. The lowest BCUT2D eigenvalue weighted by molar-refractivity contribution is -0.870. The second-order valence-electron chi connectivity index (χ2n) is 5.79. The van der Waals surface area contributed by atoms with Gasteiger partial charge in [0.2, 0.25) is 10.4 Å². The van der Waals surface area contributed by atoms with E-state index in [1.165, 1.54) is 7.11 Å². The van der Waals surface area contributed by atoms with Crippen molar-refractivity contribution in [3.8, 4) is 0 Å². The lowest BCUT2D eigenvalue weighted by Gasteiger charge is -2.23. The molecule has 1 aromatic carbocycles. The smallest absolute Gasteiger partial charge is 0.338 e. The minimum Gasteiger partial charge on any atom is -0.726 e. The van der Waals surface area contributed by atoms with Gasteiger partial charge in [0, 0.05) is 0 Å². The summed E-state index contributed by atoms with van der Waals surface area (Å²) in [5, 5.41) is 0. The molecule has 0 heterocycles. The van der Waals surface area contributed by atoms with Gasteiger partial charge in [-0.25, -0.2) is 18.0 Å².